The molecule has 3 aromatic carbocycles. The van der Waals surface area contributed by atoms with E-state index in [0.717, 1.165) is 38.5 Å². The summed E-state index contributed by atoms with van der Waals surface area (Å²) in [6.07, 6.45) is 3.47. The predicted octanol–water partition coefficient (Wildman–Crippen LogP) is 10.1. The maximum Gasteiger partial charge on any atom is 0.260 e. The van der Waals surface area contributed by atoms with Crippen molar-refractivity contribution < 1.29 is 39.9 Å². The lowest BCUT2D eigenvalue weighted by molar-refractivity contribution is 0.200. The van der Waals surface area contributed by atoms with Gasteiger partial charge in [0.15, 0.2) is 17.4 Å². The van der Waals surface area contributed by atoms with Gasteiger partial charge < -0.3 is 4.74 Å². The zero-order valence-electron chi connectivity index (χ0n) is 21.0. The minimum atomic E-state index is -2.92. The molecule has 0 N–H and O–H groups in total. The van der Waals surface area contributed by atoms with Crippen LogP contribution in [0.4, 0.5) is 35.1 Å². The lowest BCUT2D eigenvalue weighted by Gasteiger charge is -2.29. The SMILES string of the molecule is CCCC1CCC(c2cc(F)c(-c3cc(F)c(-c4cc(F)c(O/C=C/C(F)F)c(F)c4)c(F)c3)c(F)c2)CC1. The maximum absolute atomic E-state index is 15.1. The van der Waals surface area contributed by atoms with E-state index in [0.29, 0.717) is 42.0 Å². The van der Waals surface area contributed by atoms with Crippen LogP contribution in [0.2, 0.25) is 0 Å². The van der Waals surface area contributed by atoms with Gasteiger partial charge >= 0.3 is 0 Å². The first-order chi connectivity index (χ1) is 18.6. The highest BCUT2D eigenvalue weighted by Gasteiger charge is 2.26. The quantitative estimate of drug-likeness (QED) is 0.199. The topological polar surface area (TPSA) is 9.23 Å². The van der Waals surface area contributed by atoms with Crippen molar-refractivity contribution in [3.05, 3.63) is 89.2 Å². The molecule has 0 aliphatic heterocycles. The zero-order chi connectivity index (χ0) is 28.3. The monoisotopic (exact) mass is 554 g/mol. The van der Waals surface area contributed by atoms with Crippen molar-refractivity contribution in [1.29, 1.82) is 0 Å². The van der Waals surface area contributed by atoms with Gasteiger partial charge in [0.25, 0.3) is 6.43 Å². The van der Waals surface area contributed by atoms with Gasteiger partial charge in [-0.1, -0.05) is 19.8 Å². The molecule has 0 saturated heterocycles. The first-order valence-corrected chi connectivity index (χ1v) is 12.7. The molecule has 39 heavy (non-hydrogen) atoms. The highest BCUT2D eigenvalue weighted by molar-refractivity contribution is 5.73. The summed E-state index contributed by atoms with van der Waals surface area (Å²) < 4.78 is 118. The van der Waals surface area contributed by atoms with Crippen LogP contribution in [-0.4, -0.2) is 6.43 Å². The average molecular weight is 555 g/mol. The summed E-state index contributed by atoms with van der Waals surface area (Å²) in [6.45, 7) is 2.12. The molecule has 1 saturated carbocycles. The van der Waals surface area contributed by atoms with Gasteiger partial charge in [-0.15, -0.1) is 0 Å². The molecule has 0 atom stereocenters. The smallest absolute Gasteiger partial charge is 0.260 e. The summed E-state index contributed by atoms with van der Waals surface area (Å²) in [7, 11) is 0. The third-order valence-corrected chi connectivity index (χ3v) is 7.11. The van der Waals surface area contributed by atoms with E-state index in [2.05, 4.69) is 11.7 Å². The Morgan fingerprint density at radius 1 is 0.718 bits per heavy atom. The van der Waals surface area contributed by atoms with Crippen LogP contribution in [0.3, 0.4) is 0 Å². The Labute approximate surface area is 221 Å². The van der Waals surface area contributed by atoms with Gasteiger partial charge in [-0.2, -0.15) is 0 Å². The Hall–Kier alpha value is -3.36. The van der Waals surface area contributed by atoms with Gasteiger partial charge in [0.05, 0.1) is 17.4 Å². The van der Waals surface area contributed by atoms with Crippen LogP contribution in [0.25, 0.3) is 22.3 Å². The van der Waals surface area contributed by atoms with E-state index in [1.54, 1.807) is 0 Å². The standard InChI is InChI=1S/C30H26F8O/c1-2-3-16-4-6-17(7-5-16)18-10-21(31)28(22(32)11-18)19-12-23(33)29(24(34)13-19)20-14-25(35)30(26(36)15-20)39-9-8-27(37)38/h8-17,27H,2-7H2,1H3/b9-8+. The second-order valence-electron chi connectivity index (χ2n) is 9.73. The number of hydrogen-bond acceptors (Lipinski definition) is 1. The van der Waals surface area contributed by atoms with Gasteiger partial charge in [-0.25, -0.2) is 35.1 Å². The van der Waals surface area contributed by atoms with Crippen molar-refractivity contribution >= 4 is 0 Å². The van der Waals surface area contributed by atoms with Crippen LogP contribution < -0.4 is 4.74 Å². The van der Waals surface area contributed by atoms with Crippen LogP contribution in [-0.2, 0) is 0 Å². The number of allylic oxidation sites excluding steroid dienone is 1. The molecule has 0 heterocycles. The van der Waals surface area contributed by atoms with E-state index in [1.807, 2.05) is 0 Å². The molecule has 4 rings (SSSR count). The normalized spacial score (nSPS) is 17.8. The van der Waals surface area contributed by atoms with Crippen molar-refractivity contribution in [3.63, 3.8) is 0 Å². The van der Waals surface area contributed by atoms with Crippen LogP contribution in [0, 0.1) is 40.8 Å². The summed E-state index contributed by atoms with van der Waals surface area (Å²) >= 11 is 0. The maximum atomic E-state index is 15.1. The number of ether oxygens (including phenoxy) is 1. The van der Waals surface area contributed by atoms with E-state index >= 15 is 17.6 Å². The minimum Gasteiger partial charge on any atom is -0.459 e. The van der Waals surface area contributed by atoms with E-state index in [-0.39, 0.29) is 12.0 Å². The Morgan fingerprint density at radius 2 is 1.18 bits per heavy atom. The Morgan fingerprint density at radius 3 is 1.64 bits per heavy atom. The first-order valence-electron chi connectivity index (χ1n) is 12.7. The van der Waals surface area contributed by atoms with Crippen molar-refractivity contribution in [3.8, 4) is 28.0 Å². The molecule has 1 fully saturated rings. The third-order valence-electron chi connectivity index (χ3n) is 7.11. The average Bonchev–Trinajstić information content (AvgIpc) is 2.85. The van der Waals surface area contributed by atoms with Crippen LogP contribution in [0.15, 0.2) is 48.7 Å². The predicted molar refractivity (Wildman–Crippen MR) is 132 cm³/mol. The summed E-state index contributed by atoms with van der Waals surface area (Å²) in [4.78, 5) is 0. The fourth-order valence-corrected chi connectivity index (χ4v) is 5.27. The van der Waals surface area contributed by atoms with Gasteiger partial charge in [-0.05, 0) is 90.6 Å². The summed E-state index contributed by atoms with van der Waals surface area (Å²) in [5, 5.41) is 0. The second-order valence-corrected chi connectivity index (χ2v) is 9.73. The van der Waals surface area contributed by atoms with E-state index < -0.39 is 69.3 Å². The number of hydrogen-bond donors (Lipinski definition) is 0. The molecule has 1 aliphatic rings. The number of halogens is 8. The molecule has 0 bridgehead atoms. The van der Waals surface area contributed by atoms with Crippen molar-refractivity contribution in [2.75, 3.05) is 0 Å². The largest absolute Gasteiger partial charge is 0.459 e. The van der Waals surface area contributed by atoms with Gasteiger partial charge in [-0.3, -0.25) is 0 Å². The van der Waals surface area contributed by atoms with Crippen molar-refractivity contribution in [1.82, 2.24) is 0 Å². The molecule has 0 aromatic heterocycles. The third kappa shape index (κ3) is 6.45. The molecule has 0 unspecified atom stereocenters. The van der Waals surface area contributed by atoms with Gasteiger partial charge in [0.2, 0.25) is 0 Å². The number of benzene rings is 3. The molecule has 1 aliphatic carbocycles. The van der Waals surface area contributed by atoms with Crippen LogP contribution in [0.5, 0.6) is 5.75 Å². The van der Waals surface area contributed by atoms with Crippen molar-refractivity contribution in [2.45, 2.75) is 57.8 Å². The molecule has 1 nitrogen and oxygen atoms in total. The molecule has 0 spiro atoms. The lowest BCUT2D eigenvalue weighted by Crippen LogP contribution is -2.13. The van der Waals surface area contributed by atoms with Crippen LogP contribution >= 0.6 is 0 Å². The fraction of sp³-hybridized carbons (Fsp3) is 0.333. The summed E-state index contributed by atoms with van der Waals surface area (Å²) in [5.41, 5.74) is -1.94. The molecular formula is C30H26F8O. The van der Waals surface area contributed by atoms with E-state index in [9.17, 15) is 17.6 Å². The molecule has 3 aromatic rings. The molecule has 9 heteroatoms. The highest BCUT2D eigenvalue weighted by Crippen LogP contribution is 2.40. The van der Waals surface area contributed by atoms with Crippen LogP contribution in [0.1, 0.15) is 56.9 Å². The molecular weight excluding hydrogens is 528 g/mol. The Balaban J connectivity index is 1.62. The second kappa shape index (κ2) is 12.2. The summed E-state index contributed by atoms with van der Waals surface area (Å²) in [6, 6.07) is 4.86. The fourth-order valence-electron chi connectivity index (χ4n) is 5.27. The minimum absolute atomic E-state index is 0.00499. The lowest BCUT2D eigenvalue weighted by atomic mass is 9.77. The summed E-state index contributed by atoms with van der Waals surface area (Å²) in [5.74, 6) is -7.81. The van der Waals surface area contributed by atoms with E-state index in [1.165, 1.54) is 12.1 Å². The Bertz CT molecular complexity index is 1290. The molecule has 208 valence electrons. The number of alkyl halides is 2. The van der Waals surface area contributed by atoms with Gasteiger partial charge in [0, 0.05) is 6.08 Å². The van der Waals surface area contributed by atoms with E-state index in [4.69, 9.17) is 0 Å². The molecule has 0 amide bonds. The molecule has 0 radical (unpaired) electrons. The van der Waals surface area contributed by atoms with Crippen molar-refractivity contribution in [2.24, 2.45) is 5.92 Å². The number of rotatable bonds is 8. The Kier molecular flexibility index (Phi) is 8.97. The highest BCUT2D eigenvalue weighted by atomic mass is 19.3. The zero-order valence-corrected chi connectivity index (χ0v) is 21.0. The van der Waals surface area contributed by atoms with Gasteiger partial charge in [0.1, 0.15) is 23.3 Å². The first kappa shape index (κ1) is 28.6.